The van der Waals surface area contributed by atoms with Gasteiger partial charge in [-0.1, -0.05) is 0 Å². The summed E-state index contributed by atoms with van der Waals surface area (Å²) in [6, 6.07) is 2.52. The summed E-state index contributed by atoms with van der Waals surface area (Å²) in [5.41, 5.74) is -0.944. The van der Waals surface area contributed by atoms with Crippen molar-refractivity contribution in [3.05, 3.63) is 60.6 Å². The number of nitrogens with zero attached hydrogens (tertiary/aromatic N) is 1. The van der Waals surface area contributed by atoms with E-state index in [0.29, 0.717) is 5.56 Å². The summed E-state index contributed by atoms with van der Waals surface area (Å²) < 4.78 is 14.3. The Labute approximate surface area is 121 Å². The lowest BCUT2D eigenvalue weighted by molar-refractivity contribution is 0.101. The van der Waals surface area contributed by atoms with E-state index in [0.717, 1.165) is 10.8 Å². The Bertz CT molecular complexity index is 823. The lowest BCUT2D eigenvalue weighted by atomic mass is 10.2. The molecule has 5 nitrogen and oxygen atoms in total. The number of carbonyl (C=O) groups is 1. The SMILES string of the molecule is CC(=O)c1c[nH]c(=O)n(-c2cc(Br)c(F)cc2C)c1=O. The predicted molar refractivity (Wildman–Crippen MR) is 75.1 cm³/mol. The number of rotatable bonds is 2. The lowest BCUT2D eigenvalue weighted by Gasteiger charge is -2.10. The fourth-order valence-electron chi connectivity index (χ4n) is 1.82. The molecular formula is C13H10BrFN2O3. The number of carbonyl (C=O) groups excluding carboxylic acids is 1. The summed E-state index contributed by atoms with van der Waals surface area (Å²) in [7, 11) is 0. The van der Waals surface area contributed by atoms with E-state index in [-0.39, 0.29) is 15.7 Å². The van der Waals surface area contributed by atoms with Crippen LogP contribution in [0.15, 0.2) is 32.4 Å². The van der Waals surface area contributed by atoms with E-state index >= 15 is 0 Å². The first-order valence-electron chi connectivity index (χ1n) is 5.64. The number of H-pyrrole nitrogens is 1. The van der Waals surface area contributed by atoms with E-state index in [4.69, 9.17) is 0 Å². The first kappa shape index (κ1) is 14.4. The van der Waals surface area contributed by atoms with Gasteiger partial charge < -0.3 is 4.98 Å². The minimum atomic E-state index is -0.733. The lowest BCUT2D eigenvalue weighted by Crippen LogP contribution is -2.36. The van der Waals surface area contributed by atoms with E-state index in [9.17, 15) is 18.8 Å². The van der Waals surface area contributed by atoms with Crippen LogP contribution in [0.25, 0.3) is 5.69 Å². The highest BCUT2D eigenvalue weighted by Crippen LogP contribution is 2.21. The Morgan fingerprint density at radius 2 is 2.00 bits per heavy atom. The van der Waals surface area contributed by atoms with Crippen molar-refractivity contribution >= 4 is 21.7 Å². The molecule has 0 fully saturated rings. The van der Waals surface area contributed by atoms with Gasteiger partial charge >= 0.3 is 5.69 Å². The fraction of sp³-hybridized carbons (Fsp3) is 0.154. The van der Waals surface area contributed by atoms with Crippen molar-refractivity contribution in [1.82, 2.24) is 9.55 Å². The molecule has 1 N–H and O–H groups in total. The summed E-state index contributed by atoms with van der Waals surface area (Å²) >= 11 is 3.00. The molecule has 0 aliphatic carbocycles. The van der Waals surface area contributed by atoms with Crippen molar-refractivity contribution < 1.29 is 9.18 Å². The molecule has 0 radical (unpaired) electrons. The fourth-order valence-corrected chi connectivity index (χ4v) is 2.15. The largest absolute Gasteiger partial charge is 0.333 e. The third-order valence-electron chi connectivity index (χ3n) is 2.84. The van der Waals surface area contributed by atoms with E-state index in [1.54, 1.807) is 6.92 Å². The highest BCUT2D eigenvalue weighted by Gasteiger charge is 2.15. The van der Waals surface area contributed by atoms with Crippen LogP contribution in [0.5, 0.6) is 0 Å². The van der Waals surface area contributed by atoms with Crippen LogP contribution in [0.3, 0.4) is 0 Å². The zero-order chi connectivity index (χ0) is 15.0. The van der Waals surface area contributed by atoms with Crippen LogP contribution in [-0.4, -0.2) is 15.3 Å². The quantitative estimate of drug-likeness (QED) is 0.849. The number of ketones is 1. The number of aromatic nitrogens is 2. The molecule has 0 saturated heterocycles. The third-order valence-corrected chi connectivity index (χ3v) is 3.44. The van der Waals surface area contributed by atoms with Crippen LogP contribution in [0.2, 0.25) is 0 Å². The minimum absolute atomic E-state index is 0.123. The van der Waals surface area contributed by atoms with E-state index in [1.807, 2.05) is 0 Å². The number of hydrogen-bond acceptors (Lipinski definition) is 3. The summed E-state index contributed by atoms with van der Waals surface area (Å²) in [6.07, 6.45) is 1.08. The summed E-state index contributed by atoms with van der Waals surface area (Å²) in [5, 5.41) is 0. The monoisotopic (exact) mass is 340 g/mol. The highest BCUT2D eigenvalue weighted by molar-refractivity contribution is 9.10. The summed E-state index contributed by atoms with van der Waals surface area (Å²) in [4.78, 5) is 37.7. The Morgan fingerprint density at radius 3 is 2.60 bits per heavy atom. The van der Waals surface area contributed by atoms with E-state index < -0.39 is 22.8 Å². The molecule has 0 amide bonds. The van der Waals surface area contributed by atoms with E-state index in [1.165, 1.54) is 19.1 Å². The van der Waals surface area contributed by atoms with Gasteiger partial charge in [0.15, 0.2) is 5.78 Å². The maximum atomic E-state index is 13.4. The van der Waals surface area contributed by atoms with Crippen LogP contribution in [0.4, 0.5) is 4.39 Å². The second-order valence-corrected chi connectivity index (χ2v) is 5.11. The first-order chi connectivity index (χ1) is 9.32. The zero-order valence-corrected chi connectivity index (χ0v) is 12.2. The van der Waals surface area contributed by atoms with Crippen LogP contribution in [-0.2, 0) is 0 Å². The normalized spacial score (nSPS) is 10.6. The van der Waals surface area contributed by atoms with Gasteiger partial charge in [-0.15, -0.1) is 0 Å². The van der Waals surface area contributed by atoms with Crippen LogP contribution in [0, 0.1) is 12.7 Å². The van der Waals surface area contributed by atoms with Gasteiger partial charge in [0.1, 0.15) is 5.82 Å². The molecule has 104 valence electrons. The van der Waals surface area contributed by atoms with Crippen LogP contribution < -0.4 is 11.2 Å². The van der Waals surface area contributed by atoms with Crippen molar-refractivity contribution in [2.45, 2.75) is 13.8 Å². The second kappa shape index (κ2) is 5.16. The molecule has 2 rings (SSSR count). The molecule has 20 heavy (non-hydrogen) atoms. The highest BCUT2D eigenvalue weighted by atomic mass is 79.9. The van der Waals surface area contributed by atoms with Crippen LogP contribution in [0.1, 0.15) is 22.8 Å². The molecule has 0 aliphatic rings. The molecule has 2 aromatic rings. The molecule has 0 unspecified atom stereocenters. The number of aromatic amines is 1. The molecule has 7 heteroatoms. The number of Topliss-reactive ketones (excluding diaryl/α,β-unsaturated/α-hetero) is 1. The van der Waals surface area contributed by atoms with Gasteiger partial charge in [0.05, 0.1) is 15.7 Å². The van der Waals surface area contributed by atoms with Gasteiger partial charge in [0, 0.05) is 6.20 Å². The topological polar surface area (TPSA) is 71.9 Å². The number of aryl methyl sites for hydroxylation is 1. The van der Waals surface area contributed by atoms with Crippen molar-refractivity contribution in [2.24, 2.45) is 0 Å². The summed E-state index contributed by atoms with van der Waals surface area (Å²) in [5.74, 6) is -0.961. The molecule has 1 aromatic carbocycles. The Morgan fingerprint density at radius 1 is 1.35 bits per heavy atom. The average molecular weight is 341 g/mol. The van der Waals surface area contributed by atoms with Gasteiger partial charge in [0.2, 0.25) is 0 Å². The summed E-state index contributed by atoms with van der Waals surface area (Å²) in [6.45, 7) is 2.80. The molecule has 0 spiro atoms. The maximum absolute atomic E-state index is 13.4. The van der Waals surface area contributed by atoms with Crippen molar-refractivity contribution in [1.29, 1.82) is 0 Å². The van der Waals surface area contributed by atoms with Crippen molar-refractivity contribution in [2.75, 3.05) is 0 Å². The number of hydrogen-bond donors (Lipinski definition) is 1. The minimum Gasteiger partial charge on any atom is -0.313 e. The number of nitrogens with one attached hydrogen (secondary N) is 1. The number of halogens is 2. The molecule has 0 aliphatic heterocycles. The smallest absolute Gasteiger partial charge is 0.313 e. The molecule has 1 aromatic heterocycles. The average Bonchev–Trinajstić information content (AvgIpc) is 2.35. The molecular weight excluding hydrogens is 331 g/mol. The van der Waals surface area contributed by atoms with Gasteiger partial charge in [0.25, 0.3) is 5.56 Å². The first-order valence-corrected chi connectivity index (χ1v) is 6.44. The molecule has 1 heterocycles. The molecule has 0 saturated carbocycles. The van der Waals surface area contributed by atoms with E-state index in [2.05, 4.69) is 20.9 Å². The van der Waals surface area contributed by atoms with Gasteiger partial charge in [-0.05, 0) is 47.5 Å². The second-order valence-electron chi connectivity index (χ2n) is 4.26. The van der Waals surface area contributed by atoms with Crippen LogP contribution >= 0.6 is 15.9 Å². The number of benzene rings is 1. The zero-order valence-electron chi connectivity index (χ0n) is 10.7. The van der Waals surface area contributed by atoms with Gasteiger partial charge in [-0.25, -0.2) is 13.8 Å². The standard InChI is InChI=1S/C13H10BrFN2O3/c1-6-3-10(15)9(14)4-11(6)17-12(19)8(7(2)18)5-16-13(17)20/h3-5H,1-2H3,(H,16,20). The third kappa shape index (κ3) is 2.36. The Kier molecular flexibility index (Phi) is 3.71. The molecule has 0 atom stereocenters. The van der Waals surface area contributed by atoms with Crippen molar-refractivity contribution in [3.63, 3.8) is 0 Å². The van der Waals surface area contributed by atoms with Gasteiger partial charge in [-0.2, -0.15) is 0 Å². The van der Waals surface area contributed by atoms with Gasteiger partial charge in [-0.3, -0.25) is 9.59 Å². The maximum Gasteiger partial charge on any atom is 0.333 e. The van der Waals surface area contributed by atoms with Crippen molar-refractivity contribution in [3.8, 4) is 5.69 Å². The Hall–Kier alpha value is -2.02. The Balaban J connectivity index is 2.87. The molecule has 0 bridgehead atoms. The predicted octanol–water partition coefficient (Wildman–Crippen LogP) is 1.94.